The molecule has 1 N–H and O–H groups in total. The monoisotopic (exact) mass is 298 g/mol. The molecule has 0 saturated heterocycles. The summed E-state index contributed by atoms with van der Waals surface area (Å²) in [7, 11) is 0.652. The van der Waals surface area contributed by atoms with E-state index in [1.165, 1.54) is 14.0 Å². The number of ketones is 1. The van der Waals surface area contributed by atoms with Crippen molar-refractivity contribution in [2.45, 2.75) is 13.5 Å². The standard InChI is InChI=1S/C16H15BO5/c1-10(18)14-5-3-13(8-16(14)20-2)22-12-4-6-15-11(7-12)9-21-17(15)19/h3-8,19H,9H2,1-2H3. The van der Waals surface area contributed by atoms with Crippen LogP contribution in [-0.2, 0) is 11.3 Å². The molecule has 1 aliphatic heterocycles. The highest BCUT2D eigenvalue weighted by molar-refractivity contribution is 6.61. The van der Waals surface area contributed by atoms with Crippen LogP contribution in [0.15, 0.2) is 36.4 Å². The number of benzene rings is 2. The second-order valence-electron chi connectivity index (χ2n) is 5.04. The fraction of sp³-hybridized carbons (Fsp3) is 0.188. The van der Waals surface area contributed by atoms with Crippen molar-refractivity contribution in [1.29, 1.82) is 0 Å². The minimum atomic E-state index is -0.862. The molecule has 3 rings (SSSR count). The van der Waals surface area contributed by atoms with E-state index in [1.54, 1.807) is 30.3 Å². The van der Waals surface area contributed by atoms with Gasteiger partial charge >= 0.3 is 7.12 Å². The van der Waals surface area contributed by atoms with E-state index in [0.717, 1.165) is 11.0 Å². The summed E-state index contributed by atoms with van der Waals surface area (Å²) in [5.41, 5.74) is 2.18. The number of carbonyl (C=O) groups excluding carboxylic acids is 1. The number of methoxy groups -OCH3 is 1. The third kappa shape index (κ3) is 2.71. The maximum atomic E-state index is 11.5. The lowest BCUT2D eigenvalue weighted by atomic mass is 9.80. The molecule has 2 aromatic carbocycles. The summed E-state index contributed by atoms with van der Waals surface area (Å²) in [6, 6.07) is 10.5. The molecular formula is C16H15BO5. The molecular weight excluding hydrogens is 283 g/mol. The van der Waals surface area contributed by atoms with Gasteiger partial charge in [-0.2, -0.15) is 0 Å². The Morgan fingerprint density at radius 2 is 1.95 bits per heavy atom. The van der Waals surface area contributed by atoms with Gasteiger partial charge in [0.2, 0.25) is 0 Å². The van der Waals surface area contributed by atoms with E-state index < -0.39 is 7.12 Å². The highest BCUT2D eigenvalue weighted by Gasteiger charge is 2.27. The van der Waals surface area contributed by atoms with Gasteiger partial charge in [-0.3, -0.25) is 4.79 Å². The Labute approximate surface area is 128 Å². The molecule has 112 valence electrons. The van der Waals surface area contributed by atoms with E-state index in [4.69, 9.17) is 14.1 Å². The lowest BCUT2D eigenvalue weighted by Gasteiger charge is -2.11. The van der Waals surface area contributed by atoms with Gasteiger partial charge < -0.3 is 19.2 Å². The highest BCUT2D eigenvalue weighted by Crippen LogP contribution is 2.29. The first-order valence-electron chi connectivity index (χ1n) is 6.88. The van der Waals surface area contributed by atoms with Crippen LogP contribution < -0.4 is 14.9 Å². The van der Waals surface area contributed by atoms with Crippen LogP contribution in [-0.4, -0.2) is 25.0 Å². The van der Waals surface area contributed by atoms with Crippen LogP contribution in [0, 0.1) is 0 Å². The molecule has 0 aromatic heterocycles. The van der Waals surface area contributed by atoms with Crippen molar-refractivity contribution in [1.82, 2.24) is 0 Å². The van der Waals surface area contributed by atoms with Crippen LogP contribution in [0.4, 0.5) is 0 Å². The molecule has 0 unspecified atom stereocenters. The van der Waals surface area contributed by atoms with Gasteiger partial charge in [-0.05, 0) is 42.2 Å². The predicted molar refractivity (Wildman–Crippen MR) is 81.9 cm³/mol. The van der Waals surface area contributed by atoms with Crippen molar-refractivity contribution in [2.75, 3.05) is 7.11 Å². The fourth-order valence-corrected chi connectivity index (χ4v) is 2.43. The molecule has 2 aromatic rings. The summed E-state index contributed by atoms with van der Waals surface area (Å²) in [5, 5.41) is 9.60. The van der Waals surface area contributed by atoms with Gasteiger partial charge in [-0.25, -0.2) is 0 Å². The lowest BCUT2D eigenvalue weighted by molar-refractivity contribution is 0.101. The Kier molecular flexibility index (Phi) is 3.87. The highest BCUT2D eigenvalue weighted by atomic mass is 16.5. The van der Waals surface area contributed by atoms with Gasteiger partial charge in [-0.1, -0.05) is 6.07 Å². The van der Waals surface area contributed by atoms with Crippen LogP contribution in [0.1, 0.15) is 22.8 Å². The van der Waals surface area contributed by atoms with E-state index in [1.807, 2.05) is 6.07 Å². The summed E-state index contributed by atoms with van der Waals surface area (Å²) < 4.78 is 16.2. The number of rotatable bonds is 4. The van der Waals surface area contributed by atoms with Crippen molar-refractivity contribution in [3.63, 3.8) is 0 Å². The van der Waals surface area contributed by atoms with Crippen LogP contribution in [0.25, 0.3) is 0 Å². The summed E-state index contributed by atoms with van der Waals surface area (Å²) in [4.78, 5) is 11.5. The molecule has 5 nitrogen and oxygen atoms in total. The third-order valence-electron chi connectivity index (χ3n) is 3.57. The van der Waals surface area contributed by atoms with Crippen LogP contribution in [0.2, 0.25) is 0 Å². The van der Waals surface area contributed by atoms with Crippen molar-refractivity contribution in [3.8, 4) is 17.2 Å². The summed E-state index contributed by atoms with van der Waals surface area (Å²) in [6.07, 6.45) is 0. The average molecular weight is 298 g/mol. The molecule has 0 atom stereocenters. The number of hydrogen-bond donors (Lipinski definition) is 1. The first-order valence-corrected chi connectivity index (χ1v) is 6.88. The zero-order chi connectivity index (χ0) is 15.7. The average Bonchev–Trinajstić information content (AvgIpc) is 2.87. The number of Topliss-reactive ketones (excluding diaryl/α,β-unsaturated/α-hetero) is 1. The van der Waals surface area contributed by atoms with Crippen LogP contribution >= 0.6 is 0 Å². The summed E-state index contributed by atoms with van der Waals surface area (Å²) in [6.45, 7) is 1.85. The Morgan fingerprint density at radius 1 is 1.23 bits per heavy atom. The Bertz CT molecular complexity index is 728. The van der Waals surface area contributed by atoms with Gasteiger partial charge in [0.05, 0.1) is 19.3 Å². The van der Waals surface area contributed by atoms with Crippen molar-refractivity contribution < 1.29 is 23.9 Å². The molecule has 0 radical (unpaired) electrons. The van der Waals surface area contributed by atoms with E-state index in [2.05, 4.69) is 0 Å². The van der Waals surface area contributed by atoms with E-state index in [-0.39, 0.29) is 5.78 Å². The van der Waals surface area contributed by atoms with E-state index in [0.29, 0.717) is 29.4 Å². The zero-order valence-electron chi connectivity index (χ0n) is 12.3. The second kappa shape index (κ2) is 5.83. The SMILES string of the molecule is COc1cc(Oc2ccc3c(c2)COB3O)ccc1C(C)=O. The maximum absolute atomic E-state index is 11.5. The lowest BCUT2D eigenvalue weighted by Crippen LogP contribution is -2.27. The molecule has 22 heavy (non-hydrogen) atoms. The molecule has 0 spiro atoms. The van der Waals surface area contributed by atoms with Crippen LogP contribution in [0.3, 0.4) is 0 Å². The first kappa shape index (κ1) is 14.6. The van der Waals surface area contributed by atoms with E-state index >= 15 is 0 Å². The largest absolute Gasteiger partial charge is 0.496 e. The predicted octanol–water partition coefficient (Wildman–Crippen LogP) is 1.91. The Balaban J connectivity index is 1.86. The molecule has 0 bridgehead atoms. The summed E-state index contributed by atoms with van der Waals surface area (Å²) >= 11 is 0. The molecule has 6 heteroatoms. The van der Waals surface area contributed by atoms with Crippen LogP contribution in [0.5, 0.6) is 17.2 Å². The van der Waals surface area contributed by atoms with Gasteiger partial charge in [-0.15, -0.1) is 0 Å². The van der Waals surface area contributed by atoms with Crippen molar-refractivity contribution >= 4 is 18.4 Å². The van der Waals surface area contributed by atoms with Gasteiger partial charge in [0, 0.05) is 6.07 Å². The number of hydrogen-bond acceptors (Lipinski definition) is 5. The van der Waals surface area contributed by atoms with E-state index in [9.17, 15) is 9.82 Å². The summed E-state index contributed by atoms with van der Waals surface area (Å²) in [5.74, 6) is 1.62. The van der Waals surface area contributed by atoms with Gasteiger partial charge in [0.1, 0.15) is 17.2 Å². The third-order valence-corrected chi connectivity index (χ3v) is 3.57. The normalized spacial score (nSPS) is 13.0. The van der Waals surface area contributed by atoms with Crippen molar-refractivity contribution in [3.05, 3.63) is 47.5 Å². The first-order chi connectivity index (χ1) is 10.6. The number of carbonyl (C=O) groups is 1. The fourth-order valence-electron chi connectivity index (χ4n) is 2.43. The smallest absolute Gasteiger partial charge is 0.491 e. The Morgan fingerprint density at radius 3 is 2.68 bits per heavy atom. The van der Waals surface area contributed by atoms with Gasteiger partial charge in [0.15, 0.2) is 5.78 Å². The number of ether oxygens (including phenoxy) is 2. The Hall–Kier alpha value is -2.31. The minimum absolute atomic E-state index is 0.0629. The second-order valence-corrected chi connectivity index (χ2v) is 5.04. The minimum Gasteiger partial charge on any atom is -0.496 e. The molecule has 0 saturated carbocycles. The molecule has 0 fully saturated rings. The maximum Gasteiger partial charge on any atom is 0.491 e. The molecule has 1 aliphatic rings. The quantitative estimate of drug-likeness (QED) is 0.690. The number of fused-ring (bicyclic) bond motifs is 1. The topological polar surface area (TPSA) is 65.0 Å². The molecule has 1 heterocycles. The molecule has 0 aliphatic carbocycles. The van der Waals surface area contributed by atoms with Gasteiger partial charge in [0.25, 0.3) is 0 Å². The molecule has 0 amide bonds. The zero-order valence-corrected chi connectivity index (χ0v) is 12.3. The van der Waals surface area contributed by atoms with Crippen molar-refractivity contribution in [2.24, 2.45) is 0 Å².